The van der Waals surface area contributed by atoms with Crippen LogP contribution in [0, 0.1) is 13.8 Å². The highest BCUT2D eigenvalue weighted by molar-refractivity contribution is 5.52. The summed E-state index contributed by atoms with van der Waals surface area (Å²) >= 11 is 0. The van der Waals surface area contributed by atoms with Gasteiger partial charge in [0, 0.05) is 18.3 Å². The minimum atomic E-state index is 0.608. The van der Waals surface area contributed by atoms with E-state index in [1.807, 2.05) is 0 Å². The lowest BCUT2D eigenvalue weighted by Crippen LogP contribution is -2.22. The molecule has 1 heterocycles. The van der Waals surface area contributed by atoms with Gasteiger partial charge in [0.25, 0.3) is 0 Å². The van der Waals surface area contributed by atoms with Crippen LogP contribution in [-0.2, 0) is 0 Å². The molecule has 14 heavy (non-hydrogen) atoms. The van der Waals surface area contributed by atoms with Gasteiger partial charge in [0.2, 0.25) is 0 Å². The average Bonchev–Trinajstić information content (AvgIpc) is 2.62. The second kappa shape index (κ2) is 4.01. The lowest BCUT2D eigenvalue weighted by molar-refractivity contribution is 0.792. The number of benzene rings is 1. The largest absolute Gasteiger partial charge is 0.381 e. The molecule has 76 valence electrons. The van der Waals surface area contributed by atoms with E-state index >= 15 is 0 Å². The van der Waals surface area contributed by atoms with Crippen LogP contribution >= 0.6 is 0 Å². The molecule has 0 bridgehead atoms. The van der Waals surface area contributed by atoms with Gasteiger partial charge in [-0.25, -0.2) is 0 Å². The number of aryl methyl sites for hydroxylation is 2. The highest BCUT2D eigenvalue weighted by Crippen LogP contribution is 2.18. The third-order valence-electron chi connectivity index (χ3n) is 2.80. The highest BCUT2D eigenvalue weighted by Gasteiger charge is 2.14. The van der Waals surface area contributed by atoms with Crippen molar-refractivity contribution in [2.45, 2.75) is 26.3 Å². The molecule has 1 aliphatic heterocycles. The van der Waals surface area contributed by atoms with E-state index in [1.54, 1.807) is 0 Å². The fraction of sp³-hybridized carbons (Fsp3) is 0.500. The molecule has 1 aliphatic rings. The maximum absolute atomic E-state index is 3.57. The first-order chi connectivity index (χ1) is 6.75. The Bertz CT molecular complexity index is 314. The van der Waals surface area contributed by atoms with Crippen LogP contribution in [0.1, 0.15) is 17.5 Å². The van der Waals surface area contributed by atoms with E-state index in [2.05, 4.69) is 42.7 Å². The molecule has 0 saturated carbocycles. The van der Waals surface area contributed by atoms with E-state index in [0.29, 0.717) is 6.04 Å². The van der Waals surface area contributed by atoms with Crippen LogP contribution in [0.5, 0.6) is 0 Å². The molecule has 1 unspecified atom stereocenters. The third kappa shape index (κ3) is 2.07. The Morgan fingerprint density at radius 2 is 2.21 bits per heavy atom. The summed E-state index contributed by atoms with van der Waals surface area (Å²) in [6, 6.07) is 7.18. The summed E-state index contributed by atoms with van der Waals surface area (Å²) in [4.78, 5) is 0. The van der Waals surface area contributed by atoms with Gasteiger partial charge in [0.1, 0.15) is 0 Å². The van der Waals surface area contributed by atoms with Crippen molar-refractivity contribution in [1.82, 2.24) is 5.32 Å². The van der Waals surface area contributed by atoms with E-state index in [4.69, 9.17) is 0 Å². The number of nitrogens with one attached hydrogen (secondary N) is 2. The van der Waals surface area contributed by atoms with Crippen LogP contribution in [0.3, 0.4) is 0 Å². The minimum absolute atomic E-state index is 0.608. The molecule has 0 amide bonds. The van der Waals surface area contributed by atoms with E-state index in [1.165, 1.54) is 23.2 Å². The van der Waals surface area contributed by atoms with Crippen molar-refractivity contribution in [3.05, 3.63) is 29.3 Å². The van der Waals surface area contributed by atoms with Crippen molar-refractivity contribution >= 4 is 5.69 Å². The Morgan fingerprint density at radius 3 is 2.86 bits per heavy atom. The zero-order valence-corrected chi connectivity index (χ0v) is 8.93. The average molecular weight is 190 g/mol. The molecule has 0 radical (unpaired) electrons. The van der Waals surface area contributed by atoms with Crippen LogP contribution in [0.4, 0.5) is 5.69 Å². The van der Waals surface area contributed by atoms with Crippen molar-refractivity contribution < 1.29 is 0 Å². The highest BCUT2D eigenvalue weighted by atomic mass is 15.0. The molecule has 2 nitrogen and oxygen atoms in total. The molecule has 1 aromatic rings. The minimum Gasteiger partial charge on any atom is -0.381 e. The Hall–Kier alpha value is -1.02. The fourth-order valence-electron chi connectivity index (χ4n) is 1.97. The monoisotopic (exact) mass is 190 g/mol. The van der Waals surface area contributed by atoms with E-state index in [0.717, 1.165) is 13.1 Å². The molecule has 1 atom stereocenters. The van der Waals surface area contributed by atoms with Gasteiger partial charge in [-0.2, -0.15) is 0 Å². The zero-order chi connectivity index (χ0) is 9.97. The molecule has 1 aromatic carbocycles. The second-order valence-corrected chi connectivity index (χ2v) is 4.15. The summed E-state index contributed by atoms with van der Waals surface area (Å²) in [5.74, 6) is 0. The summed E-state index contributed by atoms with van der Waals surface area (Å²) in [6.07, 6.45) is 1.23. The summed E-state index contributed by atoms with van der Waals surface area (Å²) in [5.41, 5.74) is 3.96. The van der Waals surface area contributed by atoms with Gasteiger partial charge < -0.3 is 10.6 Å². The second-order valence-electron chi connectivity index (χ2n) is 4.15. The summed E-state index contributed by atoms with van der Waals surface area (Å²) in [5, 5.41) is 6.93. The first-order valence-electron chi connectivity index (χ1n) is 5.30. The van der Waals surface area contributed by atoms with Gasteiger partial charge in [-0.05, 0) is 38.4 Å². The smallest absolute Gasteiger partial charge is 0.0398 e. The molecular formula is C12H18N2. The molecule has 2 rings (SSSR count). The maximum atomic E-state index is 3.57. The van der Waals surface area contributed by atoms with Crippen molar-refractivity contribution in [2.75, 3.05) is 18.4 Å². The molecular weight excluding hydrogens is 172 g/mol. The topological polar surface area (TPSA) is 24.1 Å². The molecule has 2 heteroatoms. The van der Waals surface area contributed by atoms with Crippen LogP contribution in [0.25, 0.3) is 0 Å². The first-order valence-corrected chi connectivity index (χ1v) is 5.30. The van der Waals surface area contributed by atoms with E-state index in [-0.39, 0.29) is 0 Å². The lowest BCUT2D eigenvalue weighted by atomic mass is 10.1. The van der Waals surface area contributed by atoms with Gasteiger partial charge in [0.05, 0.1) is 0 Å². The van der Waals surface area contributed by atoms with E-state index in [9.17, 15) is 0 Å². The molecule has 1 fully saturated rings. The van der Waals surface area contributed by atoms with Crippen molar-refractivity contribution in [1.29, 1.82) is 0 Å². The molecule has 2 N–H and O–H groups in total. The molecule has 0 aromatic heterocycles. The van der Waals surface area contributed by atoms with Crippen LogP contribution in [0.15, 0.2) is 18.2 Å². The zero-order valence-electron chi connectivity index (χ0n) is 8.93. The molecule has 1 saturated heterocycles. The Labute approximate surface area is 85.7 Å². The Morgan fingerprint density at radius 1 is 1.36 bits per heavy atom. The summed E-state index contributed by atoms with van der Waals surface area (Å²) in [6.45, 7) is 6.53. The third-order valence-corrected chi connectivity index (χ3v) is 2.80. The summed E-state index contributed by atoms with van der Waals surface area (Å²) in [7, 11) is 0. The normalized spacial score (nSPS) is 21.1. The van der Waals surface area contributed by atoms with Gasteiger partial charge in [-0.1, -0.05) is 17.7 Å². The van der Waals surface area contributed by atoms with Gasteiger partial charge in [-0.3, -0.25) is 0 Å². The number of hydrogen-bond acceptors (Lipinski definition) is 2. The van der Waals surface area contributed by atoms with Crippen molar-refractivity contribution in [3.63, 3.8) is 0 Å². The van der Waals surface area contributed by atoms with Crippen LogP contribution in [-0.4, -0.2) is 19.1 Å². The maximum Gasteiger partial charge on any atom is 0.0398 e. The summed E-state index contributed by atoms with van der Waals surface area (Å²) < 4.78 is 0. The van der Waals surface area contributed by atoms with Gasteiger partial charge in [-0.15, -0.1) is 0 Å². The molecule has 0 aliphatic carbocycles. The predicted octanol–water partition coefficient (Wildman–Crippen LogP) is 2.08. The Balaban J connectivity index is 2.08. The predicted molar refractivity (Wildman–Crippen MR) is 60.8 cm³/mol. The van der Waals surface area contributed by atoms with Crippen molar-refractivity contribution in [3.8, 4) is 0 Å². The molecule has 0 spiro atoms. The Kier molecular flexibility index (Phi) is 2.73. The standard InChI is InChI=1S/C12H18N2/c1-9-3-4-12(10(2)7-9)14-11-5-6-13-8-11/h3-4,7,11,13-14H,5-6,8H2,1-2H3. The number of rotatable bonds is 2. The quantitative estimate of drug-likeness (QED) is 0.746. The van der Waals surface area contributed by atoms with Gasteiger partial charge >= 0.3 is 0 Å². The number of anilines is 1. The first kappa shape index (κ1) is 9.53. The SMILES string of the molecule is Cc1ccc(NC2CCNC2)c(C)c1. The van der Waals surface area contributed by atoms with Gasteiger partial charge in [0.15, 0.2) is 0 Å². The van der Waals surface area contributed by atoms with Crippen molar-refractivity contribution in [2.24, 2.45) is 0 Å². The number of hydrogen-bond donors (Lipinski definition) is 2. The van der Waals surface area contributed by atoms with Crippen LogP contribution in [0.2, 0.25) is 0 Å². The van der Waals surface area contributed by atoms with E-state index < -0.39 is 0 Å². The van der Waals surface area contributed by atoms with Crippen LogP contribution < -0.4 is 10.6 Å². The fourth-order valence-corrected chi connectivity index (χ4v) is 1.97. The lowest BCUT2D eigenvalue weighted by Gasteiger charge is -2.15.